The molecule has 1 aromatic rings. The first-order valence-corrected chi connectivity index (χ1v) is 7.50. The Bertz CT molecular complexity index is 430. The minimum Gasteiger partial charge on any atom is -0.378 e. The molecule has 1 aliphatic rings. The molecule has 1 aliphatic heterocycles. The van der Waals surface area contributed by atoms with E-state index in [1.54, 1.807) is 7.11 Å². The second kappa shape index (κ2) is 7.67. The molecule has 0 aromatic carbocycles. The summed E-state index contributed by atoms with van der Waals surface area (Å²) in [5.74, 6) is 0.0386. The van der Waals surface area contributed by atoms with Gasteiger partial charge in [-0.05, 0) is 38.1 Å². The molecule has 0 saturated carbocycles. The van der Waals surface area contributed by atoms with Crippen LogP contribution in [-0.4, -0.2) is 47.9 Å². The average molecular weight is 300 g/mol. The van der Waals surface area contributed by atoms with E-state index in [9.17, 15) is 4.79 Å². The minimum atomic E-state index is 0.00135. The second-order valence-corrected chi connectivity index (χ2v) is 5.35. The number of hydrogen-bond donors (Lipinski definition) is 2. The summed E-state index contributed by atoms with van der Waals surface area (Å²) >= 11 is 5.75. The lowest BCUT2D eigenvalue weighted by molar-refractivity contribution is -0.132. The summed E-state index contributed by atoms with van der Waals surface area (Å²) in [5, 5.41) is 3.32. The van der Waals surface area contributed by atoms with Crippen LogP contribution in [0.15, 0.2) is 12.1 Å². The van der Waals surface area contributed by atoms with Gasteiger partial charge >= 0.3 is 0 Å². The van der Waals surface area contributed by atoms with E-state index in [0.29, 0.717) is 13.2 Å². The van der Waals surface area contributed by atoms with E-state index in [-0.39, 0.29) is 17.8 Å². The number of methoxy groups -OCH3 is 1. The number of rotatable bonds is 6. The van der Waals surface area contributed by atoms with Gasteiger partial charge in [0.15, 0.2) is 0 Å². The molecule has 20 heavy (non-hydrogen) atoms. The summed E-state index contributed by atoms with van der Waals surface area (Å²) in [4.78, 5) is 17.3. The Morgan fingerprint density at radius 2 is 2.10 bits per heavy atom. The molecule has 2 rings (SSSR count). The third-order valence-corrected chi connectivity index (χ3v) is 3.86. The summed E-state index contributed by atoms with van der Waals surface area (Å²) < 4.78 is 5.09. The van der Waals surface area contributed by atoms with Crippen molar-refractivity contribution < 1.29 is 9.53 Å². The molecule has 5 nitrogen and oxygen atoms in total. The Balaban J connectivity index is 2.03. The highest BCUT2D eigenvalue weighted by atomic mass is 35.5. The normalized spacial score (nSPS) is 16.3. The summed E-state index contributed by atoms with van der Waals surface area (Å²) in [6.45, 7) is 3.05. The highest BCUT2D eigenvalue weighted by molar-refractivity contribution is 6.27. The average Bonchev–Trinajstić information content (AvgIpc) is 2.93. The maximum Gasteiger partial charge on any atom is 0.238 e. The fourth-order valence-corrected chi connectivity index (χ4v) is 2.78. The van der Waals surface area contributed by atoms with Crippen LogP contribution in [0.25, 0.3) is 0 Å². The number of nitrogens with one attached hydrogen (secondary N) is 2. The smallest absolute Gasteiger partial charge is 0.238 e. The molecule has 2 N–H and O–H groups in total. The van der Waals surface area contributed by atoms with Crippen LogP contribution in [0.2, 0.25) is 0 Å². The monoisotopic (exact) mass is 299 g/mol. The van der Waals surface area contributed by atoms with Crippen LogP contribution in [0.3, 0.4) is 0 Å². The molecule has 1 saturated heterocycles. The van der Waals surface area contributed by atoms with Crippen molar-refractivity contribution in [3.8, 4) is 0 Å². The Kier molecular flexibility index (Phi) is 5.88. The summed E-state index contributed by atoms with van der Waals surface area (Å²) in [5.41, 5.74) is 2.04. The van der Waals surface area contributed by atoms with Crippen LogP contribution in [-0.2, 0) is 22.7 Å². The van der Waals surface area contributed by atoms with Gasteiger partial charge in [-0.1, -0.05) is 0 Å². The molecule has 0 atom stereocenters. The number of carbonyl (C=O) groups excluding carboxylic acids is 1. The molecule has 2 heterocycles. The van der Waals surface area contributed by atoms with Gasteiger partial charge in [0, 0.05) is 24.5 Å². The molecule has 6 heteroatoms. The number of halogens is 1. The van der Waals surface area contributed by atoms with Gasteiger partial charge in [-0.2, -0.15) is 0 Å². The lowest BCUT2D eigenvalue weighted by Crippen LogP contribution is -2.46. The lowest BCUT2D eigenvalue weighted by Gasteiger charge is -2.34. The lowest BCUT2D eigenvalue weighted by atomic mass is 10.0. The predicted molar refractivity (Wildman–Crippen MR) is 78.7 cm³/mol. The number of aromatic amines is 1. The maximum atomic E-state index is 12.1. The van der Waals surface area contributed by atoms with Gasteiger partial charge in [0.1, 0.15) is 5.88 Å². The fraction of sp³-hybridized carbons (Fsp3) is 0.643. The zero-order valence-electron chi connectivity index (χ0n) is 11.8. The van der Waals surface area contributed by atoms with Crippen molar-refractivity contribution in [1.29, 1.82) is 0 Å². The Morgan fingerprint density at radius 3 is 2.75 bits per heavy atom. The Morgan fingerprint density at radius 1 is 1.40 bits per heavy atom. The third kappa shape index (κ3) is 3.98. The first-order valence-electron chi connectivity index (χ1n) is 6.96. The van der Waals surface area contributed by atoms with Crippen LogP contribution < -0.4 is 5.32 Å². The zero-order chi connectivity index (χ0) is 14.4. The molecule has 1 aromatic heterocycles. The van der Waals surface area contributed by atoms with Crippen molar-refractivity contribution in [2.45, 2.75) is 32.0 Å². The van der Waals surface area contributed by atoms with Crippen LogP contribution in [0, 0.1) is 0 Å². The van der Waals surface area contributed by atoms with Crippen molar-refractivity contribution >= 4 is 17.5 Å². The number of nitrogens with zero attached hydrogens (tertiary/aromatic N) is 1. The van der Waals surface area contributed by atoms with Crippen LogP contribution in [0.1, 0.15) is 24.2 Å². The van der Waals surface area contributed by atoms with Gasteiger partial charge in [-0.3, -0.25) is 4.79 Å². The Hall–Kier alpha value is -1.04. The van der Waals surface area contributed by atoms with Gasteiger partial charge < -0.3 is 19.9 Å². The number of ether oxygens (including phenoxy) is 1. The van der Waals surface area contributed by atoms with Crippen LogP contribution >= 0.6 is 11.6 Å². The summed E-state index contributed by atoms with van der Waals surface area (Å²) in [7, 11) is 1.67. The second-order valence-electron chi connectivity index (χ2n) is 5.08. The summed E-state index contributed by atoms with van der Waals surface area (Å²) in [6, 6.07) is 4.27. The molecule has 0 spiro atoms. The van der Waals surface area contributed by atoms with Crippen molar-refractivity contribution in [2.24, 2.45) is 0 Å². The zero-order valence-corrected chi connectivity index (χ0v) is 12.6. The molecular weight excluding hydrogens is 278 g/mol. The maximum absolute atomic E-state index is 12.1. The number of aromatic nitrogens is 1. The van der Waals surface area contributed by atoms with Crippen molar-refractivity contribution in [3.63, 3.8) is 0 Å². The van der Waals surface area contributed by atoms with Crippen LogP contribution in [0.4, 0.5) is 0 Å². The SMILES string of the molecule is COCc1ccc(CN(C(=O)CCl)C2CCNCC2)[nH]1. The van der Waals surface area contributed by atoms with E-state index >= 15 is 0 Å². The van der Waals surface area contributed by atoms with E-state index in [2.05, 4.69) is 10.3 Å². The van der Waals surface area contributed by atoms with E-state index in [1.807, 2.05) is 17.0 Å². The van der Waals surface area contributed by atoms with E-state index in [4.69, 9.17) is 16.3 Å². The quantitative estimate of drug-likeness (QED) is 0.782. The van der Waals surface area contributed by atoms with Crippen molar-refractivity contribution in [2.75, 3.05) is 26.1 Å². The van der Waals surface area contributed by atoms with E-state index in [1.165, 1.54) is 0 Å². The highest BCUT2D eigenvalue weighted by Gasteiger charge is 2.25. The largest absolute Gasteiger partial charge is 0.378 e. The molecule has 0 bridgehead atoms. The van der Waals surface area contributed by atoms with Gasteiger partial charge in [0.2, 0.25) is 5.91 Å². The summed E-state index contributed by atoms with van der Waals surface area (Å²) in [6.07, 6.45) is 1.96. The molecule has 0 aliphatic carbocycles. The first-order chi connectivity index (χ1) is 9.74. The third-order valence-electron chi connectivity index (χ3n) is 3.63. The predicted octanol–water partition coefficient (Wildman–Crippen LogP) is 1.48. The Labute approximate surface area is 124 Å². The topological polar surface area (TPSA) is 57.4 Å². The van der Waals surface area contributed by atoms with Crippen molar-refractivity contribution in [1.82, 2.24) is 15.2 Å². The fourth-order valence-electron chi connectivity index (χ4n) is 2.62. The van der Waals surface area contributed by atoms with Gasteiger partial charge in [0.25, 0.3) is 0 Å². The molecular formula is C14H22ClN3O2. The number of amides is 1. The van der Waals surface area contributed by atoms with Crippen molar-refractivity contribution in [3.05, 3.63) is 23.5 Å². The number of H-pyrrole nitrogens is 1. The number of hydrogen-bond acceptors (Lipinski definition) is 3. The van der Waals surface area contributed by atoms with Gasteiger partial charge in [-0.25, -0.2) is 0 Å². The first kappa shape index (κ1) is 15.4. The number of carbonyl (C=O) groups is 1. The van der Waals surface area contributed by atoms with E-state index in [0.717, 1.165) is 37.3 Å². The molecule has 0 unspecified atom stereocenters. The molecule has 112 valence electrons. The molecule has 0 radical (unpaired) electrons. The highest BCUT2D eigenvalue weighted by Crippen LogP contribution is 2.16. The van der Waals surface area contributed by atoms with Gasteiger partial charge in [-0.15, -0.1) is 11.6 Å². The standard InChI is InChI=1S/C14H22ClN3O2/c1-20-10-12-3-2-11(17-12)9-18(14(19)8-15)13-4-6-16-7-5-13/h2-3,13,16-17H,4-10H2,1H3. The van der Waals surface area contributed by atoms with Crippen LogP contribution in [0.5, 0.6) is 0 Å². The number of alkyl halides is 1. The number of piperidine rings is 1. The minimum absolute atomic E-state index is 0.00135. The van der Waals surface area contributed by atoms with E-state index < -0.39 is 0 Å². The van der Waals surface area contributed by atoms with Gasteiger partial charge in [0.05, 0.1) is 13.2 Å². The molecule has 1 amide bonds. The molecule has 1 fully saturated rings.